The molecule has 1 aromatic heterocycles. The average Bonchev–Trinajstić information content (AvgIpc) is 2.50. The molecule has 1 aliphatic heterocycles. The number of H-pyrrole nitrogens is 1. The quantitative estimate of drug-likeness (QED) is 0.680. The van der Waals surface area contributed by atoms with Gasteiger partial charge < -0.3 is 20.3 Å². The summed E-state index contributed by atoms with van der Waals surface area (Å²) >= 11 is 0. The van der Waals surface area contributed by atoms with Crippen molar-refractivity contribution in [3.05, 3.63) is 45.1 Å². The van der Waals surface area contributed by atoms with Gasteiger partial charge in [-0.15, -0.1) is 0 Å². The number of aromatic nitrogens is 2. The summed E-state index contributed by atoms with van der Waals surface area (Å²) in [6.07, 6.45) is 0.565. The molecule has 0 bridgehead atoms. The number of phenolic OH excluding ortho intramolecular Hbond substituents is 3. The number of fused-ring (bicyclic) bond motifs is 1. The molecule has 1 aromatic carbocycles. The number of rotatable bonds is 3. The van der Waals surface area contributed by atoms with Crippen LogP contribution in [0.3, 0.4) is 0 Å². The van der Waals surface area contributed by atoms with Gasteiger partial charge in [0, 0.05) is 48.8 Å². The van der Waals surface area contributed by atoms with Gasteiger partial charge in [-0.3, -0.25) is 9.69 Å². The number of hydrogen-bond acceptors (Lipinski definition) is 6. The van der Waals surface area contributed by atoms with Gasteiger partial charge in [-0.2, -0.15) is 0 Å². The van der Waals surface area contributed by atoms with Crippen LogP contribution in [0.15, 0.2) is 16.9 Å². The molecule has 0 amide bonds. The third kappa shape index (κ3) is 3.07. The minimum Gasteiger partial charge on any atom is -0.508 e. The van der Waals surface area contributed by atoms with Gasteiger partial charge in [0.25, 0.3) is 5.56 Å². The van der Waals surface area contributed by atoms with Crippen molar-refractivity contribution in [2.45, 2.75) is 39.3 Å². The summed E-state index contributed by atoms with van der Waals surface area (Å²) in [6.45, 7) is 5.34. The smallest absolute Gasteiger partial charge is 0.254 e. The predicted octanol–water partition coefficient (Wildman–Crippen LogP) is 1.57. The number of phenols is 3. The van der Waals surface area contributed by atoms with E-state index in [9.17, 15) is 20.1 Å². The molecule has 2 heterocycles. The van der Waals surface area contributed by atoms with Crippen LogP contribution in [0.1, 0.15) is 42.4 Å². The van der Waals surface area contributed by atoms with E-state index in [2.05, 4.69) is 9.97 Å². The zero-order chi connectivity index (χ0) is 17.4. The zero-order valence-corrected chi connectivity index (χ0v) is 13.7. The molecule has 0 radical (unpaired) electrons. The molecular weight excluding hydrogens is 310 g/mol. The molecular formula is C17H21N3O4. The second-order valence-electron chi connectivity index (χ2n) is 6.45. The zero-order valence-electron chi connectivity index (χ0n) is 13.7. The summed E-state index contributed by atoms with van der Waals surface area (Å²) in [5.41, 5.74) is 1.71. The highest BCUT2D eigenvalue weighted by Crippen LogP contribution is 2.33. The van der Waals surface area contributed by atoms with Crippen molar-refractivity contribution in [1.82, 2.24) is 14.9 Å². The monoisotopic (exact) mass is 331 g/mol. The normalized spacial score (nSPS) is 14.8. The van der Waals surface area contributed by atoms with Crippen LogP contribution in [0, 0.1) is 0 Å². The van der Waals surface area contributed by atoms with Crippen LogP contribution in [0.5, 0.6) is 17.2 Å². The van der Waals surface area contributed by atoms with Gasteiger partial charge in [0.05, 0.1) is 5.69 Å². The minimum atomic E-state index is -0.187. The Morgan fingerprint density at radius 3 is 2.54 bits per heavy atom. The predicted molar refractivity (Wildman–Crippen MR) is 88.2 cm³/mol. The van der Waals surface area contributed by atoms with E-state index < -0.39 is 0 Å². The fourth-order valence-corrected chi connectivity index (χ4v) is 2.93. The van der Waals surface area contributed by atoms with Gasteiger partial charge in [-0.25, -0.2) is 4.98 Å². The van der Waals surface area contributed by atoms with Crippen molar-refractivity contribution in [1.29, 1.82) is 0 Å². The van der Waals surface area contributed by atoms with Gasteiger partial charge in [-0.1, -0.05) is 13.8 Å². The maximum Gasteiger partial charge on any atom is 0.254 e. The first-order valence-corrected chi connectivity index (χ1v) is 7.93. The SMILES string of the molecule is CC(C)c1nc2c(c(=O)[nH]1)CCN(Cc1c(O)cc(O)cc1O)C2. The minimum absolute atomic E-state index is 0.0846. The average molecular weight is 331 g/mol. The number of nitrogens with one attached hydrogen (secondary N) is 1. The molecule has 1 aliphatic rings. The summed E-state index contributed by atoms with van der Waals surface area (Å²) in [6, 6.07) is 2.40. The Labute approximate surface area is 139 Å². The van der Waals surface area contributed by atoms with Gasteiger partial charge in [0.2, 0.25) is 0 Å². The molecule has 0 spiro atoms. The topological polar surface area (TPSA) is 110 Å². The van der Waals surface area contributed by atoms with Crippen molar-refractivity contribution in [3.8, 4) is 17.2 Å². The van der Waals surface area contributed by atoms with Crippen LogP contribution in [0.25, 0.3) is 0 Å². The molecule has 0 fully saturated rings. The van der Waals surface area contributed by atoms with E-state index in [4.69, 9.17) is 0 Å². The van der Waals surface area contributed by atoms with E-state index in [1.165, 1.54) is 12.1 Å². The largest absolute Gasteiger partial charge is 0.508 e. The molecule has 7 heteroatoms. The van der Waals surface area contributed by atoms with Crippen LogP contribution in [-0.4, -0.2) is 36.7 Å². The Hall–Kier alpha value is -2.54. The number of nitrogens with zero attached hydrogens (tertiary/aromatic N) is 2. The molecule has 0 saturated heterocycles. The third-order valence-corrected chi connectivity index (χ3v) is 4.29. The van der Waals surface area contributed by atoms with Crippen LogP contribution in [0.4, 0.5) is 0 Å². The molecule has 3 rings (SSSR count). The summed E-state index contributed by atoms with van der Waals surface area (Å²) in [4.78, 5) is 21.6. The van der Waals surface area contributed by atoms with Crippen molar-refractivity contribution < 1.29 is 15.3 Å². The molecule has 0 saturated carbocycles. The standard InChI is InChI=1S/C17H21N3O4/c1-9(2)16-18-13-8-20(4-3-11(13)17(24)19-16)7-12-14(22)5-10(21)6-15(12)23/h5-6,9,21-23H,3-4,7-8H2,1-2H3,(H,18,19,24). The molecule has 24 heavy (non-hydrogen) atoms. The van der Waals surface area contributed by atoms with Crippen LogP contribution >= 0.6 is 0 Å². The fourth-order valence-electron chi connectivity index (χ4n) is 2.93. The van der Waals surface area contributed by atoms with Crippen molar-refractivity contribution in [3.63, 3.8) is 0 Å². The molecule has 0 aliphatic carbocycles. The van der Waals surface area contributed by atoms with E-state index in [0.29, 0.717) is 43.0 Å². The lowest BCUT2D eigenvalue weighted by atomic mass is 10.0. The van der Waals surface area contributed by atoms with Crippen molar-refractivity contribution >= 4 is 0 Å². The maximum absolute atomic E-state index is 12.2. The van der Waals surface area contributed by atoms with Gasteiger partial charge in [0.1, 0.15) is 23.1 Å². The second-order valence-corrected chi connectivity index (χ2v) is 6.45. The molecule has 0 unspecified atom stereocenters. The molecule has 2 aromatic rings. The molecule has 4 N–H and O–H groups in total. The first-order valence-electron chi connectivity index (χ1n) is 7.93. The summed E-state index contributed by atoms with van der Waals surface area (Å²) in [5, 5.41) is 29.3. The Kier molecular flexibility index (Phi) is 4.19. The van der Waals surface area contributed by atoms with Gasteiger partial charge in [0.15, 0.2) is 0 Å². The Bertz CT molecular complexity index is 806. The molecule has 7 nitrogen and oxygen atoms in total. The fraction of sp³-hybridized carbons (Fsp3) is 0.412. The van der Waals surface area contributed by atoms with Crippen LogP contribution in [-0.2, 0) is 19.5 Å². The Balaban J connectivity index is 1.87. The Morgan fingerprint density at radius 1 is 1.25 bits per heavy atom. The second kappa shape index (κ2) is 6.16. The van der Waals surface area contributed by atoms with E-state index in [1.807, 2.05) is 18.7 Å². The first kappa shape index (κ1) is 16.3. The highest BCUT2D eigenvalue weighted by Gasteiger charge is 2.23. The number of hydrogen-bond donors (Lipinski definition) is 4. The lowest BCUT2D eigenvalue weighted by Gasteiger charge is -2.28. The number of aromatic hydroxyl groups is 3. The number of aromatic amines is 1. The first-order chi connectivity index (χ1) is 11.3. The van der Waals surface area contributed by atoms with Gasteiger partial charge in [-0.05, 0) is 6.42 Å². The Morgan fingerprint density at radius 2 is 1.92 bits per heavy atom. The van der Waals surface area contributed by atoms with E-state index >= 15 is 0 Å². The van der Waals surface area contributed by atoms with E-state index in [0.717, 1.165) is 5.69 Å². The molecule has 0 atom stereocenters. The maximum atomic E-state index is 12.2. The van der Waals surface area contributed by atoms with Crippen molar-refractivity contribution in [2.75, 3.05) is 6.54 Å². The lowest BCUT2D eigenvalue weighted by Crippen LogP contribution is -2.35. The molecule has 128 valence electrons. The highest BCUT2D eigenvalue weighted by molar-refractivity contribution is 5.48. The highest BCUT2D eigenvalue weighted by atomic mass is 16.3. The third-order valence-electron chi connectivity index (χ3n) is 4.29. The van der Waals surface area contributed by atoms with E-state index in [-0.39, 0.29) is 28.7 Å². The van der Waals surface area contributed by atoms with E-state index in [1.54, 1.807) is 0 Å². The summed E-state index contributed by atoms with van der Waals surface area (Å²) in [5.74, 6) is 0.298. The van der Waals surface area contributed by atoms with Crippen molar-refractivity contribution in [2.24, 2.45) is 0 Å². The van der Waals surface area contributed by atoms with Crippen LogP contribution in [0.2, 0.25) is 0 Å². The van der Waals surface area contributed by atoms with Gasteiger partial charge >= 0.3 is 0 Å². The van der Waals surface area contributed by atoms with Crippen LogP contribution < -0.4 is 5.56 Å². The summed E-state index contributed by atoms with van der Waals surface area (Å²) in [7, 11) is 0. The summed E-state index contributed by atoms with van der Waals surface area (Å²) < 4.78 is 0. The lowest BCUT2D eigenvalue weighted by molar-refractivity contribution is 0.233. The number of benzene rings is 1.